The Morgan fingerprint density at radius 1 is 0.864 bits per heavy atom. The van der Waals surface area contributed by atoms with Gasteiger partial charge >= 0.3 is 0 Å². The van der Waals surface area contributed by atoms with E-state index in [1.165, 1.54) is 32.4 Å². The molecule has 4 nitrogen and oxygen atoms in total. The fraction of sp³-hybridized carbons (Fsp3) is 0.938. The Hall–Kier alpha value is -0.0300. The summed E-state index contributed by atoms with van der Waals surface area (Å²) in [7, 11) is 0. The highest BCUT2D eigenvalue weighted by Gasteiger charge is 2.41. The van der Waals surface area contributed by atoms with Gasteiger partial charge in [0.25, 0.3) is 0 Å². The zero-order valence-electron chi connectivity index (χ0n) is 13.5. The topological polar surface area (TPSA) is 49.6 Å². The Balaban J connectivity index is 0.00000121. The van der Waals surface area contributed by atoms with Crippen molar-refractivity contribution in [2.24, 2.45) is 5.73 Å². The monoisotopic (exact) mass is 351 g/mol. The maximum atomic E-state index is 12.6. The summed E-state index contributed by atoms with van der Waals surface area (Å²) in [5.41, 5.74) is 5.78. The molecular weight excluding hydrogens is 321 g/mol. The van der Waals surface area contributed by atoms with Crippen LogP contribution in [0.3, 0.4) is 0 Å². The first-order valence-electron chi connectivity index (χ1n) is 8.51. The van der Waals surface area contributed by atoms with Crippen LogP contribution in [0.25, 0.3) is 0 Å². The summed E-state index contributed by atoms with van der Waals surface area (Å²) in [6.07, 6.45) is 10.4. The van der Waals surface area contributed by atoms with E-state index in [-0.39, 0.29) is 30.7 Å². The molecule has 2 N–H and O–H groups in total. The van der Waals surface area contributed by atoms with Crippen molar-refractivity contribution < 1.29 is 4.79 Å². The molecule has 6 heteroatoms. The fourth-order valence-electron chi connectivity index (χ4n) is 4.25. The lowest BCUT2D eigenvalue weighted by molar-refractivity contribution is -0.138. The van der Waals surface area contributed by atoms with Gasteiger partial charge in [0.15, 0.2) is 0 Å². The summed E-state index contributed by atoms with van der Waals surface area (Å²) in [5.74, 6) is 0.229. The van der Waals surface area contributed by atoms with E-state index < -0.39 is 5.54 Å². The first kappa shape index (κ1) is 20.0. The van der Waals surface area contributed by atoms with Crippen LogP contribution in [0, 0.1) is 0 Å². The normalized spacial score (nSPS) is 26.1. The minimum absolute atomic E-state index is 0. The summed E-state index contributed by atoms with van der Waals surface area (Å²) in [5, 5.41) is 0. The average molecular weight is 352 g/mol. The summed E-state index contributed by atoms with van der Waals surface area (Å²) in [4.78, 5) is 17.3. The van der Waals surface area contributed by atoms with Crippen LogP contribution in [0.5, 0.6) is 0 Å². The van der Waals surface area contributed by atoms with E-state index in [1.807, 2.05) is 4.90 Å². The first-order chi connectivity index (χ1) is 9.69. The number of rotatable bonds is 2. The molecule has 1 saturated carbocycles. The lowest BCUT2D eigenvalue weighted by Gasteiger charge is -2.42. The van der Waals surface area contributed by atoms with Crippen molar-refractivity contribution in [3.63, 3.8) is 0 Å². The highest BCUT2D eigenvalue weighted by atomic mass is 35.5. The van der Waals surface area contributed by atoms with Crippen LogP contribution in [0.4, 0.5) is 0 Å². The van der Waals surface area contributed by atoms with Gasteiger partial charge in [0.05, 0.1) is 5.54 Å². The molecule has 0 unspecified atom stereocenters. The number of carbonyl (C=O) groups is 1. The van der Waals surface area contributed by atoms with E-state index in [4.69, 9.17) is 5.73 Å². The molecule has 130 valence electrons. The SMILES string of the molecule is Cl.Cl.NC1(C(=O)N2CCC(N3CCCCC3)CC2)CCCC1. The minimum Gasteiger partial charge on any atom is -0.341 e. The summed E-state index contributed by atoms with van der Waals surface area (Å²) >= 11 is 0. The predicted molar refractivity (Wildman–Crippen MR) is 94.9 cm³/mol. The molecule has 2 saturated heterocycles. The van der Waals surface area contributed by atoms with Crippen molar-refractivity contribution in [1.82, 2.24) is 9.80 Å². The second-order valence-corrected chi connectivity index (χ2v) is 6.98. The maximum absolute atomic E-state index is 12.6. The highest BCUT2D eigenvalue weighted by Crippen LogP contribution is 2.30. The molecule has 1 amide bonds. The minimum atomic E-state index is -0.530. The Labute approximate surface area is 147 Å². The van der Waals surface area contributed by atoms with Gasteiger partial charge in [-0.3, -0.25) is 4.79 Å². The second kappa shape index (κ2) is 8.72. The number of hydrogen-bond donors (Lipinski definition) is 1. The molecule has 0 aromatic carbocycles. The van der Waals surface area contributed by atoms with Crippen molar-refractivity contribution >= 4 is 30.7 Å². The fourth-order valence-corrected chi connectivity index (χ4v) is 4.25. The van der Waals surface area contributed by atoms with Gasteiger partial charge in [0.2, 0.25) is 5.91 Å². The molecule has 0 bridgehead atoms. The van der Waals surface area contributed by atoms with Crippen LogP contribution in [-0.2, 0) is 4.79 Å². The van der Waals surface area contributed by atoms with E-state index in [0.29, 0.717) is 6.04 Å². The number of nitrogens with zero attached hydrogens (tertiary/aromatic N) is 2. The Kier molecular flexibility index (Phi) is 7.93. The smallest absolute Gasteiger partial charge is 0.242 e. The molecule has 3 rings (SSSR count). The van der Waals surface area contributed by atoms with Crippen LogP contribution in [-0.4, -0.2) is 53.5 Å². The molecule has 2 heterocycles. The Morgan fingerprint density at radius 3 is 1.95 bits per heavy atom. The zero-order valence-corrected chi connectivity index (χ0v) is 15.1. The van der Waals surface area contributed by atoms with Gasteiger partial charge in [0.1, 0.15) is 0 Å². The number of amides is 1. The van der Waals surface area contributed by atoms with Crippen molar-refractivity contribution in [2.45, 2.75) is 69.4 Å². The number of halogens is 2. The molecule has 22 heavy (non-hydrogen) atoms. The Morgan fingerprint density at radius 2 is 1.41 bits per heavy atom. The summed E-state index contributed by atoms with van der Waals surface area (Å²) in [6.45, 7) is 4.36. The molecule has 3 aliphatic rings. The third-order valence-electron chi connectivity index (χ3n) is 5.58. The van der Waals surface area contributed by atoms with Gasteiger partial charge in [-0.25, -0.2) is 0 Å². The first-order valence-corrected chi connectivity index (χ1v) is 8.51. The number of nitrogens with two attached hydrogens (primary N) is 1. The average Bonchev–Trinajstić information content (AvgIpc) is 2.96. The molecule has 0 aromatic rings. The number of hydrogen-bond acceptors (Lipinski definition) is 3. The second-order valence-electron chi connectivity index (χ2n) is 6.98. The van der Waals surface area contributed by atoms with Crippen molar-refractivity contribution in [3.8, 4) is 0 Å². The predicted octanol–water partition coefficient (Wildman–Crippen LogP) is 2.58. The van der Waals surface area contributed by atoms with E-state index in [2.05, 4.69) is 4.90 Å². The lowest BCUT2D eigenvalue weighted by Crippen LogP contribution is -2.57. The highest BCUT2D eigenvalue weighted by molar-refractivity contribution is 5.86. The molecule has 0 radical (unpaired) electrons. The number of carbonyl (C=O) groups excluding carboxylic acids is 1. The lowest BCUT2D eigenvalue weighted by atomic mass is 9.94. The van der Waals surface area contributed by atoms with Gasteiger partial charge in [0, 0.05) is 19.1 Å². The quantitative estimate of drug-likeness (QED) is 0.831. The van der Waals surface area contributed by atoms with Crippen LogP contribution in [0.1, 0.15) is 57.8 Å². The zero-order chi connectivity index (χ0) is 14.0. The maximum Gasteiger partial charge on any atom is 0.242 e. The van der Waals surface area contributed by atoms with Crippen molar-refractivity contribution in [1.29, 1.82) is 0 Å². The van der Waals surface area contributed by atoms with Crippen LogP contribution < -0.4 is 5.73 Å². The molecule has 0 spiro atoms. The summed E-state index contributed by atoms with van der Waals surface area (Å²) in [6, 6.07) is 0.705. The number of piperidine rings is 2. The largest absolute Gasteiger partial charge is 0.341 e. The van der Waals surface area contributed by atoms with Gasteiger partial charge in [-0.1, -0.05) is 19.3 Å². The van der Waals surface area contributed by atoms with Crippen molar-refractivity contribution in [3.05, 3.63) is 0 Å². The molecule has 3 fully saturated rings. The number of likely N-dealkylation sites (tertiary alicyclic amines) is 2. The van der Waals surface area contributed by atoms with Gasteiger partial charge < -0.3 is 15.5 Å². The third kappa shape index (κ3) is 4.28. The molecular formula is C16H31Cl2N3O. The van der Waals surface area contributed by atoms with E-state index in [1.54, 1.807) is 0 Å². The third-order valence-corrected chi connectivity index (χ3v) is 5.58. The van der Waals surface area contributed by atoms with E-state index in [9.17, 15) is 4.79 Å². The Bertz CT molecular complexity index is 347. The van der Waals surface area contributed by atoms with Gasteiger partial charge in [-0.05, 0) is 51.6 Å². The van der Waals surface area contributed by atoms with E-state index >= 15 is 0 Å². The standard InChI is InChI=1S/C16H29N3O.2ClH/c17-16(8-2-3-9-16)15(20)19-12-6-14(7-13-19)18-10-4-1-5-11-18;;/h14H,1-13,17H2;2*1H. The van der Waals surface area contributed by atoms with Crippen molar-refractivity contribution in [2.75, 3.05) is 26.2 Å². The van der Waals surface area contributed by atoms with E-state index in [0.717, 1.165) is 51.6 Å². The molecule has 1 aliphatic carbocycles. The van der Waals surface area contributed by atoms with Crippen LogP contribution >= 0.6 is 24.8 Å². The molecule has 0 atom stereocenters. The van der Waals surface area contributed by atoms with Crippen LogP contribution in [0.2, 0.25) is 0 Å². The summed E-state index contributed by atoms with van der Waals surface area (Å²) < 4.78 is 0. The molecule has 0 aromatic heterocycles. The van der Waals surface area contributed by atoms with Gasteiger partial charge in [-0.2, -0.15) is 0 Å². The van der Waals surface area contributed by atoms with Gasteiger partial charge in [-0.15, -0.1) is 24.8 Å². The van der Waals surface area contributed by atoms with Crippen LogP contribution in [0.15, 0.2) is 0 Å². The molecule has 2 aliphatic heterocycles.